The molecule has 0 saturated carbocycles. The summed E-state index contributed by atoms with van der Waals surface area (Å²) in [5.41, 5.74) is 2.79. The molecule has 1 aromatic carbocycles. The highest BCUT2D eigenvalue weighted by molar-refractivity contribution is 6.00. The Morgan fingerprint density at radius 2 is 1.87 bits per heavy atom. The third-order valence-electron chi connectivity index (χ3n) is 3.63. The number of aryl methyl sites for hydroxylation is 2. The molecule has 0 aliphatic heterocycles. The van der Waals surface area contributed by atoms with E-state index >= 15 is 0 Å². The van der Waals surface area contributed by atoms with Gasteiger partial charge in [0.05, 0.1) is 6.26 Å². The van der Waals surface area contributed by atoms with Crippen molar-refractivity contribution in [3.63, 3.8) is 0 Å². The summed E-state index contributed by atoms with van der Waals surface area (Å²) >= 11 is 0. The molecule has 0 spiro atoms. The van der Waals surface area contributed by atoms with Crippen molar-refractivity contribution in [2.45, 2.75) is 33.7 Å². The second-order valence-electron chi connectivity index (χ2n) is 5.98. The lowest BCUT2D eigenvalue weighted by atomic mass is 10.0. The molecule has 1 aromatic heterocycles. The minimum Gasteiger partial charge on any atom is -0.459 e. The molecule has 0 aliphatic rings. The van der Waals surface area contributed by atoms with Crippen LogP contribution in [0.1, 0.15) is 35.5 Å². The van der Waals surface area contributed by atoms with Crippen molar-refractivity contribution in [1.29, 1.82) is 0 Å². The molecule has 122 valence electrons. The Labute approximate surface area is 136 Å². The fourth-order valence-electron chi connectivity index (χ4n) is 2.24. The molecule has 1 atom stereocenters. The molecule has 5 heteroatoms. The lowest BCUT2D eigenvalue weighted by molar-refractivity contribution is -0.118. The Balaban J connectivity index is 2.12. The van der Waals surface area contributed by atoms with Gasteiger partial charge in [0.2, 0.25) is 5.91 Å². The van der Waals surface area contributed by atoms with Crippen LogP contribution < -0.4 is 10.6 Å². The summed E-state index contributed by atoms with van der Waals surface area (Å²) in [6.45, 7) is 7.67. The van der Waals surface area contributed by atoms with Gasteiger partial charge >= 0.3 is 0 Å². The van der Waals surface area contributed by atoms with E-state index in [1.165, 1.54) is 6.26 Å². The summed E-state index contributed by atoms with van der Waals surface area (Å²) in [4.78, 5) is 24.7. The van der Waals surface area contributed by atoms with Gasteiger partial charge in [0.25, 0.3) is 5.91 Å². The minimum absolute atomic E-state index is 0.0565. The Hall–Kier alpha value is -2.56. The highest BCUT2D eigenvalue weighted by atomic mass is 16.3. The molecular formula is C18H22N2O3. The van der Waals surface area contributed by atoms with E-state index in [0.717, 1.165) is 16.8 Å². The van der Waals surface area contributed by atoms with Gasteiger partial charge in [-0.15, -0.1) is 0 Å². The largest absolute Gasteiger partial charge is 0.459 e. The predicted octanol–water partition coefficient (Wildman–Crippen LogP) is 3.29. The number of carbonyl (C=O) groups excluding carboxylic acids is 2. The zero-order valence-corrected chi connectivity index (χ0v) is 13.8. The molecule has 0 aliphatic carbocycles. The van der Waals surface area contributed by atoms with Crippen LogP contribution in [-0.4, -0.2) is 17.9 Å². The summed E-state index contributed by atoms with van der Waals surface area (Å²) in [7, 11) is 0. The van der Waals surface area contributed by atoms with Crippen LogP contribution in [0.4, 0.5) is 5.69 Å². The van der Waals surface area contributed by atoms with Crippen LogP contribution in [0.25, 0.3) is 0 Å². The molecule has 1 unspecified atom stereocenters. The first-order chi connectivity index (χ1) is 10.9. The fraction of sp³-hybridized carbons (Fsp3) is 0.333. The van der Waals surface area contributed by atoms with E-state index in [2.05, 4.69) is 10.6 Å². The molecule has 0 fully saturated rings. The van der Waals surface area contributed by atoms with Crippen molar-refractivity contribution < 1.29 is 14.0 Å². The maximum atomic E-state index is 12.6. The first-order valence-electron chi connectivity index (χ1n) is 7.61. The number of amides is 2. The number of anilines is 1. The molecule has 23 heavy (non-hydrogen) atoms. The Bertz CT molecular complexity index is 690. The van der Waals surface area contributed by atoms with E-state index in [4.69, 9.17) is 4.42 Å². The zero-order chi connectivity index (χ0) is 17.0. The Kier molecular flexibility index (Phi) is 5.21. The van der Waals surface area contributed by atoms with Crippen molar-refractivity contribution in [1.82, 2.24) is 5.32 Å². The lowest BCUT2D eigenvalue weighted by Gasteiger charge is -2.22. The van der Waals surface area contributed by atoms with E-state index in [-0.39, 0.29) is 17.6 Å². The molecule has 2 N–H and O–H groups in total. The zero-order valence-electron chi connectivity index (χ0n) is 13.8. The summed E-state index contributed by atoms with van der Waals surface area (Å²) in [6, 6.07) is 8.41. The first-order valence-corrected chi connectivity index (χ1v) is 7.61. The quantitative estimate of drug-likeness (QED) is 0.889. The van der Waals surface area contributed by atoms with Crippen molar-refractivity contribution >= 4 is 17.5 Å². The van der Waals surface area contributed by atoms with Gasteiger partial charge in [0, 0.05) is 5.69 Å². The van der Waals surface area contributed by atoms with Crippen molar-refractivity contribution in [3.05, 3.63) is 53.5 Å². The minimum atomic E-state index is -0.646. The van der Waals surface area contributed by atoms with Crippen molar-refractivity contribution in [2.24, 2.45) is 5.92 Å². The fourth-order valence-corrected chi connectivity index (χ4v) is 2.24. The van der Waals surface area contributed by atoms with Gasteiger partial charge in [-0.25, -0.2) is 0 Å². The van der Waals surface area contributed by atoms with Gasteiger partial charge in [0.1, 0.15) is 6.04 Å². The first kappa shape index (κ1) is 16.8. The number of nitrogens with one attached hydrogen (secondary N) is 2. The van der Waals surface area contributed by atoms with Crippen molar-refractivity contribution in [3.8, 4) is 0 Å². The summed E-state index contributed by atoms with van der Waals surface area (Å²) in [5.74, 6) is -0.507. The van der Waals surface area contributed by atoms with Gasteiger partial charge in [-0.05, 0) is 49.1 Å². The molecule has 2 rings (SSSR count). The number of carbonyl (C=O) groups is 2. The second-order valence-corrected chi connectivity index (χ2v) is 5.98. The topological polar surface area (TPSA) is 71.3 Å². The van der Waals surface area contributed by atoms with Crippen LogP contribution in [0, 0.1) is 19.8 Å². The summed E-state index contributed by atoms with van der Waals surface area (Å²) in [6.07, 6.45) is 1.43. The number of rotatable bonds is 5. The van der Waals surface area contributed by atoms with E-state index < -0.39 is 11.9 Å². The van der Waals surface area contributed by atoms with Crippen molar-refractivity contribution in [2.75, 3.05) is 5.32 Å². The van der Waals surface area contributed by atoms with Crippen LogP contribution in [0.2, 0.25) is 0 Å². The SMILES string of the molecule is Cc1ccc(C)c(NC(=O)C(NC(=O)c2ccco2)C(C)C)c1. The van der Waals surface area contributed by atoms with Crippen LogP contribution in [0.3, 0.4) is 0 Å². The number of hydrogen-bond acceptors (Lipinski definition) is 3. The van der Waals surface area contributed by atoms with E-state index in [1.807, 2.05) is 45.9 Å². The van der Waals surface area contributed by atoms with E-state index in [0.29, 0.717) is 0 Å². The third-order valence-corrected chi connectivity index (χ3v) is 3.63. The average molecular weight is 314 g/mol. The number of furan rings is 1. The summed E-state index contributed by atoms with van der Waals surface area (Å²) in [5, 5.41) is 5.63. The number of hydrogen-bond donors (Lipinski definition) is 2. The average Bonchev–Trinajstić information content (AvgIpc) is 3.02. The maximum absolute atomic E-state index is 12.6. The summed E-state index contributed by atoms with van der Waals surface area (Å²) < 4.78 is 5.07. The van der Waals surface area contributed by atoms with Crippen LogP contribution in [0.5, 0.6) is 0 Å². The molecule has 2 aromatic rings. The highest BCUT2D eigenvalue weighted by Gasteiger charge is 2.26. The second kappa shape index (κ2) is 7.13. The van der Waals surface area contributed by atoms with Gasteiger partial charge in [-0.3, -0.25) is 9.59 Å². The standard InChI is InChI=1S/C18H22N2O3/c1-11(2)16(20-17(21)15-6-5-9-23-15)18(22)19-14-10-12(3)7-8-13(14)4/h5-11,16H,1-4H3,(H,19,22)(H,20,21). The third kappa shape index (κ3) is 4.22. The molecule has 0 bridgehead atoms. The lowest BCUT2D eigenvalue weighted by Crippen LogP contribution is -2.47. The Morgan fingerprint density at radius 1 is 1.13 bits per heavy atom. The monoisotopic (exact) mass is 314 g/mol. The predicted molar refractivity (Wildman–Crippen MR) is 89.3 cm³/mol. The molecule has 0 saturated heterocycles. The highest BCUT2D eigenvalue weighted by Crippen LogP contribution is 2.17. The van der Waals surface area contributed by atoms with Crippen LogP contribution in [0.15, 0.2) is 41.0 Å². The smallest absolute Gasteiger partial charge is 0.287 e. The van der Waals surface area contributed by atoms with Gasteiger partial charge in [0.15, 0.2) is 5.76 Å². The van der Waals surface area contributed by atoms with Gasteiger partial charge < -0.3 is 15.1 Å². The Morgan fingerprint density at radius 3 is 2.48 bits per heavy atom. The maximum Gasteiger partial charge on any atom is 0.287 e. The van der Waals surface area contributed by atoms with Gasteiger partial charge in [-0.1, -0.05) is 26.0 Å². The molecule has 0 radical (unpaired) electrons. The molecule has 1 heterocycles. The van der Waals surface area contributed by atoms with Gasteiger partial charge in [-0.2, -0.15) is 0 Å². The molecular weight excluding hydrogens is 292 g/mol. The van der Waals surface area contributed by atoms with E-state index in [9.17, 15) is 9.59 Å². The number of benzene rings is 1. The van der Waals surface area contributed by atoms with E-state index in [1.54, 1.807) is 12.1 Å². The molecule has 2 amide bonds. The van der Waals surface area contributed by atoms with Crippen LogP contribution in [-0.2, 0) is 4.79 Å². The molecule has 5 nitrogen and oxygen atoms in total. The normalized spacial score (nSPS) is 12.0. The van der Waals surface area contributed by atoms with Crippen LogP contribution >= 0.6 is 0 Å².